The van der Waals surface area contributed by atoms with Gasteiger partial charge in [0.25, 0.3) is 0 Å². The van der Waals surface area contributed by atoms with Gasteiger partial charge in [-0.25, -0.2) is 0 Å². The lowest BCUT2D eigenvalue weighted by molar-refractivity contribution is -0.134. The molecule has 0 N–H and O–H groups in total. The van der Waals surface area contributed by atoms with E-state index in [9.17, 15) is 4.79 Å². The molecule has 1 saturated carbocycles. The normalized spacial score (nSPS) is 28.8. The molecule has 3 aliphatic rings. The van der Waals surface area contributed by atoms with E-state index in [1.807, 2.05) is 0 Å². The molecule has 1 aliphatic carbocycles. The van der Waals surface area contributed by atoms with Crippen molar-refractivity contribution in [3.63, 3.8) is 0 Å². The molecule has 0 radical (unpaired) electrons. The lowest BCUT2D eigenvalue weighted by atomic mass is 9.98. The molecule has 130 valence electrons. The van der Waals surface area contributed by atoms with Crippen molar-refractivity contribution in [2.75, 3.05) is 19.6 Å². The number of benzene rings is 1. The molecule has 3 nitrogen and oxygen atoms in total. The molecule has 0 aromatic heterocycles. The molecule has 2 atom stereocenters. The van der Waals surface area contributed by atoms with E-state index < -0.39 is 0 Å². The van der Waals surface area contributed by atoms with Crippen molar-refractivity contribution < 1.29 is 4.79 Å². The fraction of sp³-hybridized carbons (Fsp3) is 0.667. The van der Waals surface area contributed by atoms with Gasteiger partial charge in [0, 0.05) is 31.6 Å². The van der Waals surface area contributed by atoms with Gasteiger partial charge in [-0.3, -0.25) is 9.69 Å². The molecule has 4 rings (SSSR count). The number of carbonyl (C=O) groups is 1. The number of hydrogen-bond donors (Lipinski definition) is 0. The fourth-order valence-corrected chi connectivity index (χ4v) is 5.06. The van der Waals surface area contributed by atoms with Crippen molar-refractivity contribution in [2.24, 2.45) is 11.8 Å². The summed E-state index contributed by atoms with van der Waals surface area (Å²) in [4.78, 5) is 17.7. The molecule has 2 saturated heterocycles. The molecule has 1 amide bonds. The van der Waals surface area contributed by atoms with E-state index >= 15 is 0 Å². The zero-order chi connectivity index (χ0) is 16.4. The van der Waals surface area contributed by atoms with Crippen LogP contribution in [-0.2, 0) is 11.3 Å². The largest absolute Gasteiger partial charge is 0.341 e. The molecule has 0 spiro atoms. The summed E-state index contributed by atoms with van der Waals surface area (Å²) in [6, 6.07) is 11.4. The number of nitrogens with zero attached hydrogens (tertiary/aromatic N) is 2. The minimum Gasteiger partial charge on any atom is -0.341 e. The van der Waals surface area contributed by atoms with Gasteiger partial charge in [-0.05, 0) is 43.7 Å². The standard InChI is InChI=1S/C21H30N2O/c24-21(18-10-4-5-11-18)23-15-19-12-6-7-13-22(20(19)16-23)14-17-8-2-1-3-9-17/h1-3,8-9,18-20H,4-7,10-16H2/t19-,20+/m0/s1. The highest BCUT2D eigenvalue weighted by Gasteiger charge is 2.41. The van der Waals surface area contributed by atoms with Crippen LogP contribution in [0.2, 0.25) is 0 Å². The molecule has 0 unspecified atom stereocenters. The van der Waals surface area contributed by atoms with Crippen LogP contribution in [0.5, 0.6) is 0 Å². The summed E-state index contributed by atoms with van der Waals surface area (Å²) in [7, 11) is 0. The Bertz CT molecular complexity index is 552. The van der Waals surface area contributed by atoms with Crippen LogP contribution in [0, 0.1) is 11.8 Å². The van der Waals surface area contributed by atoms with Gasteiger partial charge >= 0.3 is 0 Å². The summed E-state index contributed by atoms with van der Waals surface area (Å²) in [6.07, 6.45) is 8.66. The Morgan fingerprint density at radius 1 is 0.958 bits per heavy atom. The van der Waals surface area contributed by atoms with Gasteiger partial charge in [0.05, 0.1) is 0 Å². The van der Waals surface area contributed by atoms with Crippen LogP contribution < -0.4 is 0 Å². The van der Waals surface area contributed by atoms with Crippen LogP contribution in [-0.4, -0.2) is 41.4 Å². The van der Waals surface area contributed by atoms with Crippen molar-refractivity contribution >= 4 is 5.91 Å². The van der Waals surface area contributed by atoms with Crippen LogP contribution >= 0.6 is 0 Å². The lowest BCUT2D eigenvalue weighted by Gasteiger charge is -2.30. The monoisotopic (exact) mass is 326 g/mol. The third kappa shape index (κ3) is 3.37. The predicted octanol–water partition coefficient (Wildman–Crippen LogP) is 3.69. The first kappa shape index (κ1) is 16.1. The van der Waals surface area contributed by atoms with Gasteiger partial charge in [-0.1, -0.05) is 49.6 Å². The molecular formula is C21H30N2O. The highest BCUT2D eigenvalue weighted by molar-refractivity contribution is 5.79. The lowest BCUT2D eigenvalue weighted by Crippen LogP contribution is -2.41. The number of amides is 1. The second-order valence-corrected chi connectivity index (χ2v) is 8.00. The number of hydrogen-bond acceptors (Lipinski definition) is 2. The van der Waals surface area contributed by atoms with Crippen molar-refractivity contribution in [2.45, 2.75) is 57.5 Å². The van der Waals surface area contributed by atoms with Gasteiger partial charge in [-0.15, -0.1) is 0 Å². The minimum absolute atomic E-state index is 0.329. The number of carbonyl (C=O) groups excluding carboxylic acids is 1. The van der Waals surface area contributed by atoms with Crippen LogP contribution in [0.1, 0.15) is 50.5 Å². The summed E-state index contributed by atoms with van der Waals surface area (Å²) in [5, 5.41) is 0. The highest BCUT2D eigenvalue weighted by Crippen LogP contribution is 2.34. The highest BCUT2D eigenvalue weighted by atomic mass is 16.2. The summed E-state index contributed by atoms with van der Waals surface area (Å²) < 4.78 is 0. The van der Waals surface area contributed by atoms with Crippen molar-refractivity contribution in [1.29, 1.82) is 0 Å². The quantitative estimate of drug-likeness (QED) is 0.846. The van der Waals surface area contributed by atoms with Gasteiger partial charge in [0.2, 0.25) is 5.91 Å². The molecular weight excluding hydrogens is 296 g/mol. The molecule has 2 heterocycles. The topological polar surface area (TPSA) is 23.6 Å². The Labute approximate surface area is 146 Å². The fourth-order valence-electron chi connectivity index (χ4n) is 5.06. The number of fused-ring (bicyclic) bond motifs is 1. The summed E-state index contributed by atoms with van der Waals surface area (Å²) >= 11 is 0. The predicted molar refractivity (Wildman–Crippen MR) is 96.5 cm³/mol. The Morgan fingerprint density at radius 2 is 1.71 bits per heavy atom. The molecule has 2 aliphatic heterocycles. The van der Waals surface area contributed by atoms with Crippen LogP contribution in [0.3, 0.4) is 0 Å². The first-order chi connectivity index (χ1) is 11.8. The van der Waals surface area contributed by atoms with Gasteiger partial charge in [0.1, 0.15) is 0 Å². The van der Waals surface area contributed by atoms with E-state index in [1.165, 1.54) is 44.2 Å². The second-order valence-electron chi connectivity index (χ2n) is 8.00. The Hall–Kier alpha value is -1.35. The van der Waals surface area contributed by atoms with E-state index in [4.69, 9.17) is 0 Å². The first-order valence-electron chi connectivity index (χ1n) is 9.88. The Kier molecular flexibility index (Phi) is 4.88. The molecule has 3 fully saturated rings. The van der Waals surface area contributed by atoms with Gasteiger partial charge in [0.15, 0.2) is 0 Å². The van der Waals surface area contributed by atoms with Crippen molar-refractivity contribution in [3.8, 4) is 0 Å². The molecule has 0 bridgehead atoms. The summed E-state index contributed by atoms with van der Waals surface area (Å²) in [5.74, 6) is 1.47. The maximum Gasteiger partial charge on any atom is 0.225 e. The SMILES string of the molecule is O=C(C1CCCC1)N1C[C@@H]2CCCCN(Cc3ccccc3)[C@@H]2C1. The smallest absolute Gasteiger partial charge is 0.225 e. The zero-order valence-electron chi connectivity index (χ0n) is 14.7. The van der Waals surface area contributed by atoms with Crippen molar-refractivity contribution in [1.82, 2.24) is 9.80 Å². The third-order valence-electron chi connectivity index (χ3n) is 6.39. The summed E-state index contributed by atoms with van der Waals surface area (Å²) in [6.45, 7) is 4.19. The zero-order valence-corrected chi connectivity index (χ0v) is 14.7. The van der Waals surface area contributed by atoms with E-state index in [1.54, 1.807) is 0 Å². The van der Waals surface area contributed by atoms with E-state index in [0.29, 0.717) is 23.8 Å². The maximum absolute atomic E-state index is 12.8. The Morgan fingerprint density at radius 3 is 2.50 bits per heavy atom. The van der Waals surface area contributed by atoms with Crippen LogP contribution in [0.4, 0.5) is 0 Å². The Balaban J connectivity index is 1.45. The minimum atomic E-state index is 0.329. The van der Waals surface area contributed by atoms with Gasteiger partial charge in [-0.2, -0.15) is 0 Å². The second kappa shape index (κ2) is 7.26. The van der Waals surface area contributed by atoms with Gasteiger partial charge < -0.3 is 4.90 Å². The van der Waals surface area contributed by atoms with E-state index in [-0.39, 0.29) is 0 Å². The van der Waals surface area contributed by atoms with Crippen LogP contribution in [0.15, 0.2) is 30.3 Å². The first-order valence-corrected chi connectivity index (χ1v) is 9.88. The third-order valence-corrected chi connectivity index (χ3v) is 6.39. The molecule has 3 heteroatoms. The average molecular weight is 326 g/mol. The average Bonchev–Trinajstić information content (AvgIpc) is 3.25. The van der Waals surface area contributed by atoms with E-state index in [2.05, 4.69) is 40.1 Å². The van der Waals surface area contributed by atoms with Crippen molar-refractivity contribution in [3.05, 3.63) is 35.9 Å². The summed E-state index contributed by atoms with van der Waals surface area (Å²) in [5.41, 5.74) is 1.40. The molecule has 24 heavy (non-hydrogen) atoms. The van der Waals surface area contributed by atoms with Crippen LogP contribution in [0.25, 0.3) is 0 Å². The van der Waals surface area contributed by atoms with E-state index in [0.717, 1.165) is 32.5 Å². The maximum atomic E-state index is 12.8. The number of likely N-dealkylation sites (tertiary alicyclic amines) is 2. The molecule has 1 aromatic rings. The number of rotatable bonds is 3. The molecule has 1 aromatic carbocycles.